The Morgan fingerprint density at radius 2 is 2.28 bits per heavy atom. The Kier molecular flexibility index (Phi) is 4.20. The van der Waals surface area contributed by atoms with Crippen LogP contribution in [0.2, 0.25) is 0 Å². The van der Waals surface area contributed by atoms with E-state index in [1.54, 1.807) is 0 Å². The van der Waals surface area contributed by atoms with Crippen molar-refractivity contribution in [2.75, 3.05) is 6.54 Å². The van der Waals surface area contributed by atoms with Crippen molar-refractivity contribution in [1.82, 2.24) is 10.6 Å². The van der Waals surface area contributed by atoms with Crippen molar-refractivity contribution in [1.29, 1.82) is 0 Å². The van der Waals surface area contributed by atoms with Crippen molar-refractivity contribution in [2.45, 2.75) is 38.8 Å². The molecule has 3 N–H and O–H groups in total. The van der Waals surface area contributed by atoms with Crippen LogP contribution in [-0.4, -0.2) is 23.6 Å². The maximum absolute atomic E-state index is 11.8. The van der Waals surface area contributed by atoms with Crippen LogP contribution in [-0.2, 0) is 11.3 Å². The van der Waals surface area contributed by atoms with Gasteiger partial charge in [-0.1, -0.05) is 18.2 Å². The van der Waals surface area contributed by atoms with Gasteiger partial charge < -0.3 is 15.7 Å². The van der Waals surface area contributed by atoms with Crippen molar-refractivity contribution < 1.29 is 9.90 Å². The molecule has 18 heavy (non-hydrogen) atoms. The molecule has 1 fully saturated rings. The number of carbonyl (C=O) groups excluding carboxylic acids is 1. The van der Waals surface area contributed by atoms with Gasteiger partial charge in [0.1, 0.15) is 5.75 Å². The molecule has 0 bridgehead atoms. The molecule has 1 amide bonds. The molecular formula is C14H20N2O2. The lowest BCUT2D eigenvalue weighted by atomic mass is 10.1. The van der Waals surface area contributed by atoms with E-state index in [-0.39, 0.29) is 11.9 Å². The summed E-state index contributed by atoms with van der Waals surface area (Å²) in [5, 5.41) is 16.0. The molecule has 1 aliphatic rings. The van der Waals surface area contributed by atoms with E-state index in [1.807, 2.05) is 25.1 Å². The lowest BCUT2D eigenvalue weighted by Crippen LogP contribution is -2.42. The summed E-state index contributed by atoms with van der Waals surface area (Å²) in [6.45, 7) is 3.16. The number of nitrogens with one attached hydrogen (secondary N) is 2. The highest BCUT2D eigenvalue weighted by Crippen LogP contribution is 2.21. The second-order valence-corrected chi connectivity index (χ2v) is 4.80. The van der Waals surface area contributed by atoms with Gasteiger partial charge in [0.25, 0.3) is 0 Å². The Labute approximate surface area is 107 Å². The Morgan fingerprint density at radius 3 is 3.11 bits per heavy atom. The number of phenols is 1. The molecule has 1 aliphatic heterocycles. The first-order valence-electron chi connectivity index (χ1n) is 6.47. The second-order valence-electron chi connectivity index (χ2n) is 4.80. The quantitative estimate of drug-likeness (QED) is 0.759. The second kappa shape index (κ2) is 5.87. The van der Waals surface area contributed by atoms with Gasteiger partial charge in [0.05, 0.1) is 6.04 Å². The highest BCUT2D eigenvalue weighted by molar-refractivity contribution is 5.81. The van der Waals surface area contributed by atoms with Crippen LogP contribution >= 0.6 is 0 Å². The minimum atomic E-state index is -0.146. The molecule has 1 aromatic rings. The summed E-state index contributed by atoms with van der Waals surface area (Å²) in [6, 6.07) is 5.52. The molecule has 4 nitrogen and oxygen atoms in total. The predicted molar refractivity (Wildman–Crippen MR) is 70.3 cm³/mol. The topological polar surface area (TPSA) is 61.4 Å². The van der Waals surface area contributed by atoms with Gasteiger partial charge in [0.2, 0.25) is 5.91 Å². The summed E-state index contributed by atoms with van der Waals surface area (Å²) >= 11 is 0. The smallest absolute Gasteiger partial charge is 0.237 e. The highest BCUT2D eigenvalue weighted by atomic mass is 16.3. The van der Waals surface area contributed by atoms with Crippen molar-refractivity contribution in [3.05, 3.63) is 29.3 Å². The van der Waals surface area contributed by atoms with Gasteiger partial charge in [-0.05, 0) is 31.7 Å². The predicted octanol–water partition coefficient (Wildman–Crippen LogP) is 1.46. The van der Waals surface area contributed by atoms with Crippen LogP contribution in [0.25, 0.3) is 0 Å². The molecule has 1 aromatic carbocycles. The molecule has 1 heterocycles. The van der Waals surface area contributed by atoms with Gasteiger partial charge in [0, 0.05) is 18.7 Å². The molecule has 98 valence electrons. The average molecular weight is 248 g/mol. The number of carbonyl (C=O) groups is 1. The summed E-state index contributed by atoms with van der Waals surface area (Å²) in [6.07, 6.45) is 2.95. The SMILES string of the molecule is Cc1cccc(CNC2CCCCNC2=O)c1O. The average Bonchev–Trinajstić information content (AvgIpc) is 2.56. The van der Waals surface area contributed by atoms with Gasteiger partial charge in [-0.15, -0.1) is 0 Å². The van der Waals surface area contributed by atoms with E-state index in [0.29, 0.717) is 12.3 Å². The van der Waals surface area contributed by atoms with E-state index >= 15 is 0 Å². The Hall–Kier alpha value is -1.55. The maximum Gasteiger partial charge on any atom is 0.237 e. The zero-order valence-electron chi connectivity index (χ0n) is 10.7. The van der Waals surface area contributed by atoms with Crippen LogP contribution in [0.5, 0.6) is 5.75 Å². The van der Waals surface area contributed by atoms with Gasteiger partial charge in [0.15, 0.2) is 0 Å². The fraction of sp³-hybridized carbons (Fsp3) is 0.500. The number of hydrogen-bond acceptors (Lipinski definition) is 3. The number of amides is 1. The minimum absolute atomic E-state index is 0.0691. The zero-order valence-corrected chi connectivity index (χ0v) is 10.7. The van der Waals surface area contributed by atoms with Crippen molar-refractivity contribution in [3.8, 4) is 5.75 Å². The number of aromatic hydroxyl groups is 1. The third-order valence-corrected chi connectivity index (χ3v) is 3.40. The summed E-state index contributed by atoms with van der Waals surface area (Å²) in [7, 11) is 0. The third-order valence-electron chi connectivity index (χ3n) is 3.40. The molecule has 1 saturated heterocycles. The highest BCUT2D eigenvalue weighted by Gasteiger charge is 2.20. The Morgan fingerprint density at radius 1 is 1.44 bits per heavy atom. The molecule has 4 heteroatoms. The fourth-order valence-corrected chi connectivity index (χ4v) is 2.23. The number of para-hydroxylation sites is 1. The molecule has 0 aromatic heterocycles. The van der Waals surface area contributed by atoms with Gasteiger partial charge >= 0.3 is 0 Å². The maximum atomic E-state index is 11.8. The van der Waals surface area contributed by atoms with E-state index in [1.165, 1.54) is 0 Å². The molecule has 2 rings (SSSR count). The van der Waals surface area contributed by atoms with Crippen LogP contribution in [0, 0.1) is 6.92 Å². The summed E-state index contributed by atoms with van der Waals surface area (Å²) in [5.41, 5.74) is 1.70. The molecular weight excluding hydrogens is 228 g/mol. The Bertz CT molecular complexity index is 432. The van der Waals surface area contributed by atoms with Crippen LogP contribution in [0.3, 0.4) is 0 Å². The minimum Gasteiger partial charge on any atom is -0.507 e. The van der Waals surface area contributed by atoms with Crippen LogP contribution in [0.4, 0.5) is 0 Å². The Balaban J connectivity index is 1.98. The van der Waals surface area contributed by atoms with E-state index in [9.17, 15) is 9.90 Å². The molecule has 0 aliphatic carbocycles. The number of phenolic OH excluding ortho intramolecular Hbond substituents is 1. The van der Waals surface area contributed by atoms with E-state index < -0.39 is 0 Å². The van der Waals surface area contributed by atoms with Crippen LogP contribution in [0.15, 0.2) is 18.2 Å². The fourth-order valence-electron chi connectivity index (χ4n) is 2.23. The van der Waals surface area contributed by atoms with E-state index in [4.69, 9.17) is 0 Å². The number of hydrogen-bond donors (Lipinski definition) is 3. The summed E-state index contributed by atoms with van der Waals surface area (Å²) < 4.78 is 0. The van der Waals surface area contributed by atoms with E-state index in [0.717, 1.165) is 36.9 Å². The third kappa shape index (κ3) is 3.01. The van der Waals surface area contributed by atoms with Gasteiger partial charge in [-0.2, -0.15) is 0 Å². The lowest BCUT2D eigenvalue weighted by molar-refractivity contribution is -0.122. The van der Waals surface area contributed by atoms with Crippen LogP contribution < -0.4 is 10.6 Å². The number of rotatable bonds is 3. The number of aryl methyl sites for hydroxylation is 1. The molecule has 0 spiro atoms. The molecule has 0 saturated carbocycles. The molecule has 1 atom stereocenters. The first-order chi connectivity index (χ1) is 8.68. The standard InChI is InChI=1S/C14H20N2O2/c1-10-5-4-6-11(13(10)17)9-16-12-7-2-3-8-15-14(12)18/h4-6,12,16-17H,2-3,7-9H2,1H3,(H,15,18). The normalized spacial score (nSPS) is 20.3. The first kappa shape index (κ1) is 12.9. The first-order valence-corrected chi connectivity index (χ1v) is 6.47. The zero-order chi connectivity index (χ0) is 13.0. The monoisotopic (exact) mass is 248 g/mol. The van der Waals surface area contributed by atoms with Crippen molar-refractivity contribution in [3.63, 3.8) is 0 Å². The largest absolute Gasteiger partial charge is 0.507 e. The number of benzene rings is 1. The summed E-state index contributed by atoms with van der Waals surface area (Å²) in [4.78, 5) is 11.8. The van der Waals surface area contributed by atoms with E-state index in [2.05, 4.69) is 10.6 Å². The molecule has 0 radical (unpaired) electrons. The molecule has 1 unspecified atom stereocenters. The van der Waals surface area contributed by atoms with Gasteiger partial charge in [-0.25, -0.2) is 0 Å². The van der Waals surface area contributed by atoms with Crippen molar-refractivity contribution in [2.24, 2.45) is 0 Å². The van der Waals surface area contributed by atoms with Crippen LogP contribution in [0.1, 0.15) is 30.4 Å². The lowest BCUT2D eigenvalue weighted by Gasteiger charge is -2.16. The van der Waals surface area contributed by atoms with Gasteiger partial charge in [-0.3, -0.25) is 4.79 Å². The summed E-state index contributed by atoms with van der Waals surface area (Å²) in [5.74, 6) is 0.388. The van der Waals surface area contributed by atoms with Crippen molar-refractivity contribution >= 4 is 5.91 Å².